The van der Waals surface area contributed by atoms with E-state index in [4.69, 9.17) is 16.3 Å². The number of hydrogen-bond acceptors (Lipinski definition) is 3. The first-order valence-electron chi connectivity index (χ1n) is 9.18. The van der Waals surface area contributed by atoms with E-state index >= 15 is 0 Å². The van der Waals surface area contributed by atoms with Crippen molar-refractivity contribution in [2.24, 2.45) is 5.92 Å². The van der Waals surface area contributed by atoms with Crippen LogP contribution in [0, 0.1) is 5.92 Å². The van der Waals surface area contributed by atoms with Gasteiger partial charge in [0.15, 0.2) is 0 Å². The third-order valence-electron chi connectivity index (χ3n) is 5.26. The lowest BCUT2D eigenvalue weighted by Crippen LogP contribution is -2.39. The number of carboxylic acids is 1. The van der Waals surface area contributed by atoms with E-state index in [0.29, 0.717) is 47.8 Å². The predicted molar refractivity (Wildman–Crippen MR) is 103 cm³/mol. The molecular formula is C21H21ClF3NO3. The molecule has 8 heteroatoms. The Morgan fingerprint density at radius 1 is 1.21 bits per heavy atom. The Hall–Kier alpha value is -2.25. The molecule has 1 atom stereocenters. The van der Waals surface area contributed by atoms with E-state index < -0.39 is 29.7 Å². The van der Waals surface area contributed by atoms with Gasteiger partial charge < -0.3 is 9.84 Å². The van der Waals surface area contributed by atoms with Crippen molar-refractivity contribution in [1.29, 1.82) is 0 Å². The van der Waals surface area contributed by atoms with Gasteiger partial charge in [-0.05, 0) is 61.8 Å². The molecule has 1 aliphatic rings. The van der Waals surface area contributed by atoms with Crippen LogP contribution < -0.4 is 4.74 Å². The molecule has 4 nitrogen and oxygen atoms in total. The molecular weight excluding hydrogens is 407 g/mol. The van der Waals surface area contributed by atoms with Crippen molar-refractivity contribution < 1.29 is 27.8 Å². The van der Waals surface area contributed by atoms with Crippen molar-refractivity contribution in [3.63, 3.8) is 0 Å². The van der Waals surface area contributed by atoms with Crippen molar-refractivity contribution in [3.8, 4) is 5.75 Å². The van der Waals surface area contributed by atoms with Gasteiger partial charge in [-0.3, -0.25) is 9.69 Å². The monoisotopic (exact) mass is 427 g/mol. The van der Waals surface area contributed by atoms with Gasteiger partial charge >= 0.3 is 12.1 Å². The van der Waals surface area contributed by atoms with Crippen LogP contribution in [0.1, 0.15) is 35.6 Å². The number of nitrogens with zero attached hydrogens (tertiary/aromatic N) is 1. The molecule has 0 aromatic heterocycles. The Labute approximate surface area is 171 Å². The number of piperidine rings is 1. The van der Waals surface area contributed by atoms with E-state index in [0.717, 1.165) is 12.1 Å². The zero-order chi connectivity index (χ0) is 21.2. The smallest absolute Gasteiger partial charge is 0.416 e. The van der Waals surface area contributed by atoms with Crippen LogP contribution in [0.2, 0.25) is 5.02 Å². The van der Waals surface area contributed by atoms with Crippen LogP contribution >= 0.6 is 11.6 Å². The highest BCUT2D eigenvalue weighted by Gasteiger charge is 2.34. The van der Waals surface area contributed by atoms with E-state index in [-0.39, 0.29) is 0 Å². The van der Waals surface area contributed by atoms with Gasteiger partial charge in [-0.15, -0.1) is 0 Å². The SMILES string of the molecule is COc1ccc(Cl)cc1C(c1cccc(C(F)(F)F)c1)N1CCC(C(=O)O)CC1. The Morgan fingerprint density at radius 3 is 2.48 bits per heavy atom. The summed E-state index contributed by atoms with van der Waals surface area (Å²) < 4.78 is 45.4. The molecule has 1 N–H and O–H groups in total. The molecule has 0 radical (unpaired) electrons. The molecule has 29 heavy (non-hydrogen) atoms. The lowest BCUT2D eigenvalue weighted by Gasteiger charge is -2.37. The summed E-state index contributed by atoms with van der Waals surface area (Å²) in [6.45, 7) is 0.876. The first-order valence-corrected chi connectivity index (χ1v) is 9.56. The molecule has 0 amide bonds. The highest BCUT2D eigenvalue weighted by atomic mass is 35.5. The van der Waals surface area contributed by atoms with Crippen LogP contribution in [0.3, 0.4) is 0 Å². The van der Waals surface area contributed by atoms with Crippen LogP contribution in [-0.4, -0.2) is 36.2 Å². The van der Waals surface area contributed by atoms with Crippen LogP contribution in [0.5, 0.6) is 5.75 Å². The Balaban J connectivity index is 2.06. The molecule has 1 fully saturated rings. The fraction of sp³-hybridized carbons (Fsp3) is 0.381. The second-order valence-electron chi connectivity index (χ2n) is 7.06. The first kappa shape index (κ1) is 21.5. The van der Waals surface area contributed by atoms with E-state index in [9.17, 15) is 23.1 Å². The van der Waals surface area contributed by atoms with Crippen LogP contribution in [0.25, 0.3) is 0 Å². The standard InChI is InChI=1S/C21H21ClF3NO3/c1-29-18-6-5-16(22)12-17(18)19(26-9-7-13(8-10-26)20(27)28)14-3-2-4-15(11-14)21(23,24)25/h2-6,11-13,19H,7-10H2,1H3,(H,27,28). The number of carboxylic acid groups (broad SMARTS) is 1. The number of likely N-dealkylation sites (tertiary alicyclic amines) is 1. The van der Waals surface area contributed by atoms with Crippen LogP contribution in [0.15, 0.2) is 42.5 Å². The summed E-state index contributed by atoms with van der Waals surface area (Å²) >= 11 is 6.18. The number of hydrogen-bond donors (Lipinski definition) is 1. The summed E-state index contributed by atoms with van der Waals surface area (Å²) in [5, 5.41) is 9.70. The Morgan fingerprint density at radius 2 is 1.90 bits per heavy atom. The molecule has 0 aliphatic carbocycles. The molecule has 0 bridgehead atoms. The normalized spacial score (nSPS) is 17.1. The summed E-state index contributed by atoms with van der Waals surface area (Å²) in [6, 6.07) is 9.68. The molecule has 2 aromatic rings. The fourth-order valence-corrected chi connectivity index (χ4v) is 3.98. The van der Waals surface area contributed by atoms with Crippen molar-refractivity contribution in [2.75, 3.05) is 20.2 Å². The summed E-state index contributed by atoms with van der Waals surface area (Å²) in [5.74, 6) is -0.785. The zero-order valence-electron chi connectivity index (χ0n) is 15.7. The largest absolute Gasteiger partial charge is 0.496 e. The number of rotatable bonds is 5. The van der Waals surface area contributed by atoms with Crippen molar-refractivity contribution in [3.05, 3.63) is 64.2 Å². The van der Waals surface area contributed by atoms with Crippen LogP contribution in [-0.2, 0) is 11.0 Å². The molecule has 1 heterocycles. The van der Waals surface area contributed by atoms with Gasteiger partial charge in [0.25, 0.3) is 0 Å². The van der Waals surface area contributed by atoms with Crippen molar-refractivity contribution in [1.82, 2.24) is 4.90 Å². The zero-order valence-corrected chi connectivity index (χ0v) is 16.5. The molecule has 156 valence electrons. The number of halogens is 4. The number of methoxy groups -OCH3 is 1. The van der Waals surface area contributed by atoms with Gasteiger partial charge in [-0.2, -0.15) is 13.2 Å². The van der Waals surface area contributed by atoms with E-state index in [1.165, 1.54) is 13.2 Å². The minimum atomic E-state index is -4.46. The molecule has 0 spiro atoms. The molecule has 1 saturated heterocycles. The third kappa shape index (κ3) is 4.85. The van der Waals surface area contributed by atoms with E-state index in [1.807, 2.05) is 4.90 Å². The average molecular weight is 428 g/mol. The highest BCUT2D eigenvalue weighted by Crippen LogP contribution is 2.40. The maximum Gasteiger partial charge on any atom is 0.416 e. The molecule has 3 rings (SSSR count). The third-order valence-corrected chi connectivity index (χ3v) is 5.50. The number of benzene rings is 2. The van der Waals surface area contributed by atoms with Gasteiger partial charge in [0.05, 0.1) is 24.6 Å². The Kier molecular flexibility index (Phi) is 6.39. The lowest BCUT2D eigenvalue weighted by molar-refractivity contribution is -0.143. The summed E-state index contributed by atoms with van der Waals surface area (Å²) in [6.07, 6.45) is -3.61. The van der Waals surface area contributed by atoms with Gasteiger partial charge in [0.2, 0.25) is 0 Å². The topological polar surface area (TPSA) is 49.8 Å². The second-order valence-corrected chi connectivity index (χ2v) is 7.50. The van der Waals surface area contributed by atoms with Gasteiger partial charge in [-0.25, -0.2) is 0 Å². The number of ether oxygens (including phenoxy) is 1. The van der Waals surface area contributed by atoms with Crippen LogP contribution in [0.4, 0.5) is 13.2 Å². The number of carbonyl (C=O) groups is 1. The molecule has 0 saturated carbocycles. The van der Waals surface area contributed by atoms with Gasteiger partial charge in [0.1, 0.15) is 5.75 Å². The minimum absolute atomic E-state index is 0.424. The molecule has 1 unspecified atom stereocenters. The van der Waals surface area contributed by atoms with Gasteiger partial charge in [0, 0.05) is 10.6 Å². The predicted octanol–water partition coefficient (Wildman–Crippen LogP) is 5.25. The molecule has 2 aromatic carbocycles. The highest BCUT2D eigenvalue weighted by molar-refractivity contribution is 6.30. The summed E-state index contributed by atoms with van der Waals surface area (Å²) in [7, 11) is 1.49. The quantitative estimate of drug-likeness (QED) is 0.707. The number of alkyl halides is 3. The minimum Gasteiger partial charge on any atom is -0.496 e. The van der Waals surface area contributed by atoms with Gasteiger partial charge in [-0.1, -0.05) is 23.7 Å². The average Bonchev–Trinajstić information content (AvgIpc) is 2.68. The van der Waals surface area contributed by atoms with Crippen molar-refractivity contribution >= 4 is 17.6 Å². The maximum absolute atomic E-state index is 13.3. The van der Waals surface area contributed by atoms with E-state index in [2.05, 4.69) is 0 Å². The van der Waals surface area contributed by atoms with E-state index in [1.54, 1.807) is 24.3 Å². The number of aliphatic carboxylic acids is 1. The maximum atomic E-state index is 13.3. The fourth-order valence-electron chi connectivity index (χ4n) is 3.80. The second kappa shape index (κ2) is 8.63. The summed E-state index contributed by atoms with van der Waals surface area (Å²) in [5.41, 5.74) is 0.365. The van der Waals surface area contributed by atoms with Crippen molar-refractivity contribution in [2.45, 2.75) is 25.1 Å². The lowest BCUT2D eigenvalue weighted by atomic mass is 9.90. The summed E-state index contributed by atoms with van der Waals surface area (Å²) in [4.78, 5) is 13.3. The first-order chi connectivity index (χ1) is 13.7. The Bertz CT molecular complexity index is 880. The molecule has 1 aliphatic heterocycles.